The second-order valence-electron chi connectivity index (χ2n) is 8.99. The Balaban J connectivity index is 1.57. The van der Waals surface area contributed by atoms with E-state index in [4.69, 9.17) is 16.3 Å². The summed E-state index contributed by atoms with van der Waals surface area (Å²) < 4.78 is 44.2. The van der Waals surface area contributed by atoms with Crippen molar-refractivity contribution in [1.82, 2.24) is 10.3 Å². The molecule has 0 spiro atoms. The van der Waals surface area contributed by atoms with Crippen LogP contribution in [-0.2, 0) is 9.53 Å². The number of pyridine rings is 1. The first-order chi connectivity index (χ1) is 19.1. The van der Waals surface area contributed by atoms with Gasteiger partial charge in [0.15, 0.2) is 0 Å². The summed E-state index contributed by atoms with van der Waals surface area (Å²) in [4.78, 5) is 41.4. The largest absolute Gasteiger partial charge is 0.471 e. The lowest BCUT2D eigenvalue weighted by Crippen LogP contribution is -2.33. The van der Waals surface area contributed by atoms with Crippen molar-refractivity contribution in [2.75, 3.05) is 29.0 Å². The average molecular weight is 576 g/mol. The van der Waals surface area contributed by atoms with Gasteiger partial charge >= 0.3 is 18.2 Å². The van der Waals surface area contributed by atoms with E-state index in [0.717, 1.165) is 43.6 Å². The highest BCUT2D eigenvalue weighted by Crippen LogP contribution is 2.33. The number of halogens is 4. The number of rotatable bonds is 7. The molecule has 40 heavy (non-hydrogen) atoms. The zero-order valence-electron chi connectivity index (χ0n) is 20.9. The first-order valence-corrected chi connectivity index (χ1v) is 12.7. The van der Waals surface area contributed by atoms with Crippen LogP contribution in [-0.4, -0.2) is 42.2 Å². The van der Waals surface area contributed by atoms with Crippen LogP contribution in [0.5, 0.6) is 0 Å². The molecule has 1 aliphatic heterocycles. The molecule has 1 fully saturated rings. The predicted octanol–water partition coefficient (Wildman–Crippen LogP) is 5.78. The summed E-state index contributed by atoms with van der Waals surface area (Å²) in [6.07, 6.45) is -1.79. The molecule has 4 rings (SSSR count). The number of ether oxygens (including phenoxy) is 1. The molecule has 2 aromatic carbocycles. The van der Waals surface area contributed by atoms with E-state index in [2.05, 4.69) is 20.9 Å². The molecule has 0 saturated carbocycles. The molecular weight excluding hydrogens is 551 g/mol. The van der Waals surface area contributed by atoms with Crippen LogP contribution >= 0.6 is 11.6 Å². The Morgan fingerprint density at radius 1 is 0.925 bits per heavy atom. The SMILES string of the molecule is O=C(Nc1ccc(NC(=O)C(F)(F)F)cc1NC(=O)c1ccc(Cl)cc1)OC(c1ccncc1)C1CCNCC1. The van der Waals surface area contributed by atoms with Crippen molar-refractivity contribution in [3.63, 3.8) is 0 Å². The number of carbonyl (C=O) groups excluding carboxylic acids is 3. The fraction of sp³-hybridized carbons (Fsp3) is 0.259. The van der Waals surface area contributed by atoms with E-state index in [9.17, 15) is 27.6 Å². The van der Waals surface area contributed by atoms with Gasteiger partial charge in [-0.2, -0.15) is 13.2 Å². The number of benzene rings is 2. The number of aromatic nitrogens is 1. The molecule has 1 unspecified atom stereocenters. The Morgan fingerprint density at radius 3 is 2.25 bits per heavy atom. The second kappa shape index (κ2) is 12.8. The lowest BCUT2D eigenvalue weighted by molar-refractivity contribution is -0.167. The van der Waals surface area contributed by atoms with E-state index >= 15 is 0 Å². The number of anilines is 3. The fourth-order valence-corrected chi connectivity index (χ4v) is 4.35. The van der Waals surface area contributed by atoms with E-state index in [1.54, 1.807) is 29.8 Å². The number of amides is 3. The molecular formula is C27H25ClF3N5O4. The molecule has 0 bridgehead atoms. The van der Waals surface area contributed by atoms with Gasteiger partial charge in [0.05, 0.1) is 11.4 Å². The summed E-state index contributed by atoms with van der Waals surface area (Å²) in [7, 11) is 0. The molecule has 1 atom stereocenters. The molecule has 9 nitrogen and oxygen atoms in total. The van der Waals surface area contributed by atoms with Gasteiger partial charge in [-0.3, -0.25) is 19.9 Å². The maximum absolute atomic E-state index is 13.1. The highest BCUT2D eigenvalue weighted by atomic mass is 35.5. The van der Waals surface area contributed by atoms with Gasteiger partial charge in [-0.05, 0) is 86.1 Å². The lowest BCUT2D eigenvalue weighted by atomic mass is 9.88. The van der Waals surface area contributed by atoms with E-state index in [1.807, 2.05) is 0 Å². The Morgan fingerprint density at radius 2 is 1.60 bits per heavy atom. The number of carbonyl (C=O) groups is 3. The van der Waals surface area contributed by atoms with Gasteiger partial charge in [0.25, 0.3) is 5.91 Å². The monoisotopic (exact) mass is 575 g/mol. The zero-order chi connectivity index (χ0) is 28.7. The number of alkyl halides is 3. The van der Waals surface area contributed by atoms with Crippen LogP contribution in [0.15, 0.2) is 67.0 Å². The van der Waals surface area contributed by atoms with Crippen LogP contribution in [0.3, 0.4) is 0 Å². The van der Waals surface area contributed by atoms with E-state index < -0.39 is 30.2 Å². The third-order valence-corrected chi connectivity index (χ3v) is 6.46. The van der Waals surface area contributed by atoms with Crippen molar-refractivity contribution in [2.24, 2.45) is 5.92 Å². The van der Waals surface area contributed by atoms with Gasteiger partial charge in [0, 0.05) is 34.6 Å². The molecule has 4 N–H and O–H groups in total. The van der Waals surface area contributed by atoms with Gasteiger partial charge in [-0.25, -0.2) is 4.79 Å². The Kier molecular flexibility index (Phi) is 9.22. The lowest BCUT2D eigenvalue weighted by Gasteiger charge is -2.30. The number of hydrogen-bond acceptors (Lipinski definition) is 6. The minimum Gasteiger partial charge on any atom is -0.441 e. The molecule has 1 aliphatic rings. The van der Waals surface area contributed by atoms with Crippen molar-refractivity contribution in [1.29, 1.82) is 0 Å². The van der Waals surface area contributed by atoms with Crippen molar-refractivity contribution >= 4 is 46.6 Å². The number of nitrogens with zero attached hydrogens (tertiary/aromatic N) is 1. The molecule has 1 aromatic heterocycles. The maximum atomic E-state index is 13.1. The molecule has 3 aromatic rings. The zero-order valence-corrected chi connectivity index (χ0v) is 21.7. The molecule has 3 amide bonds. The first kappa shape index (κ1) is 28.8. The molecule has 13 heteroatoms. The van der Waals surface area contributed by atoms with Crippen LogP contribution in [0.1, 0.15) is 34.9 Å². The molecule has 0 aliphatic carbocycles. The van der Waals surface area contributed by atoms with Gasteiger partial charge in [-0.1, -0.05) is 11.6 Å². The van der Waals surface area contributed by atoms with Gasteiger partial charge in [0.2, 0.25) is 0 Å². The van der Waals surface area contributed by atoms with Gasteiger partial charge in [0.1, 0.15) is 6.10 Å². The van der Waals surface area contributed by atoms with Crippen molar-refractivity contribution < 1.29 is 32.3 Å². The normalized spacial score (nSPS) is 14.6. The maximum Gasteiger partial charge on any atom is 0.471 e. The first-order valence-electron chi connectivity index (χ1n) is 12.3. The third-order valence-electron chi connectivity index (χ3n) is 6.21. The third kappa shape index (κ3) is 7.70. The molecule has 1 saturated heterocycles. The second-order valence-corrected chi connectivity index (χ2v) is 9.43. The Bertz CT molecular complexity index is 1350. The summed E-state index contributed by atoms with van der Waals surface area (Å²) in [5.41, 5.74) is 0.678. The van der Waals surface area contributed by atoms with Crippen molar-refractivity contribution in [3.05, 3.63) is 83.1 Å². The molecule has 210 valence electrons. The molecule has 2 heterocycles. The number of piperidine rings is 1. The van der Waals surface area contributed by atoms with Gasteiger partial charge < -0.3 is 20.7 Å². The van der Waals surface area contributed by atoms with Crippen LogP contribution in [0.4, 0.5) is 35.0 Å². The van der Waals surface area contributed by atoms with Crippen LogP contribution in [0, 0.1) is 5.92 Å². The summed E-state index contributed by atoms with van der Waals surface area (Å²) in [5.74, 6) is -2.78. The highest BCUT2D eigenvalue weighted by molar-refractivity contribution is 6.30. The summed E-state index contributed by atoms with van der Waals surface area (Å²) in [6.45, 7) is 1.53. The van der Waals surface area contributed by atoms with Gasteiger partial charge in [-0.15, -0.1) is 0 Å². The van der Waals surface area contributed by atoms with E-state index in [0.29, 0.717) is 5.02 Å². The Hall–Kier alpha value is -4.16. The quantitative estimate of drug-likeness (QED) is 0.283. The minimum absolute atomic E-state index is 0.0381. The molecule has 0 radical (unpaired) electrons. The van der Waals surface area contributed by atoms with Crippen LogP contribution in [0.2, 0.25) is 5.02 Å². The van der Waals surface area contributed by atoms with Crippen LogP contribution in [0.25, 0.3) is 0 Å². The predicted molar refractivity (Wildman–Crippen MR) is 143 cm³/mol. The van der Waals surface area contributed by atoms with Crippen molar-refractivity contribution in [2.45, 2.75) is 25.1 Å². The minimum atomic E-state index is -5.12. The smallest absolute Gasteiger partial charge is 0.441 e. The summed E-state index contributed by atoms with van der Waals surface area (Å²) in [5, 5.41) is 10.5. The average Bonchev–Trinajstić information content (AvgIpc) is 2.94. The van der Waals surface area contributed by atoms with E-state index in [1.165, 1.54) is 30.3 Å². The van der Waals surface area contributed by atoms with Crippen molar-refractivity contribution in [3.8, 4) is 0 Å². The standard InChI is InChI=1S/C27H25ClF3N5O4/c28-19-3-1-18(2-4-19)24(37)35-22-15-20(34-25(38)27(29,30)31)5-6-21(22)36-26(39)40-23(16-7-11-32-12-8-16)17-9-13-33-14-10-17/h1-8,11-12,15,17,23,33H,9-10,13-14H2,(H,34,38)(H,35,37)(H,36,39). The Labute approximate surface area is 232 Å². The van der Waals surface area contributed by atoms with E-state index in [-0.39, 0.29) is 28.5 Å². The van der Waals surface area contributed by atoms with Crippen LogP contribution < -0.4 is 21.3 Å². The summed E-state index contributed by atoms with van der Waals surface area (Å²) >= 11 is 5.87. The number of nitrogens with one attached hydrogen (secondary N) is 4. The summed E-state index contributed by atoms with van der Waals surface area (Å²) in [6, 6.07) is 12.9. The highest BCUT2D eigenvalue weighted by Gasteiger charge is 2.38. The fourth-order valence-electron chi connectivity index (χ4n) is 4.22. The number of hydrogen-bond donors (Lipinski definition) is 4. The topological polar surface area (TPSA) is 121 Å².